The molecule has 0 saturated carbocycles. The quantitative estimate of drug-likeness (QED) is 0.888. The fourth-order valence-corrected chi connectivity index (χ4v) is 2.00. The van der Waals surface area contributed by atoms with Crippen molar-refractivity contribution in [1.29, 1.82) is 0 Å². The third-order valence-electron chi connectivity index (χ3n) is 2.42. The normalized spacial score (nSPS) is 12.5. The Morgan fingerprint density at radius 2 is 2.06 bits per heavy atom. The molecule has 0 aliphatic rings. The van der Waals surface area contributed by atoms with Crippen LogP contribution in [0.3, 0.4) is 0 Å². The monoisotopic (exact) mass is 302 g/mol. The summed E-state index contributed by atoms with van der Waals surface area (Å²) in [5.41, 5.74) is 0.420. The molecule has 0 bridgehead atoms. The molecule has 1 rings (SSSR count). The summed E-state index contributed by atoms with van der Waals surface area (Å²) in [6.45, 7) is 3.50. The fraction of sp³-hybridized carbons (Fsp3) is 0.455. The van der Waals surface area contributed by atoms with Gasteiger partial charge >= 0.3 is 5.97 Å². The van der Waals surface area contributed by atoms with Gasteiger partial charge in [0.1, 0.15) is 11.7 Å². The summed E-state index contributed by atoms with van der Waals surface area (Å²) in [6.07, 6.45) is 1.74. The zero-order chi connectivity index (χ0) is 13.2. The number of aromatic nitrogens is 1. The van der Waals surface area contributed by atoms with Gasteiger partial charge in [-0.3, -0.25) is 4.79 Å². The Bertz CT molecular complexity index is 440. The molecule has 1 amide bonds. The highest BCUT2D eigenvalue weighted by atomic mass is 79.9. The molecule has 0 fully saturated rings. The third-order valence-corrected chi connectivity index (χ3v) is 2.86. The van der Waals surface area contributed by atoms with E-state index >= 15 is 0 Å². The van der Waals surface area contributed by atoms with E-state index in [4.69, 9.17) is 5.11 Å². The molecule has 0 saturated heterocycles. The first-order valence-corrected chi connectivity index (χ1v) is 5.97. The number of aliphatic carboxylic acids is 1. The number of aryl methyl sites for hydroxylation is 1. The second kappa shape index (κ2) is 5.35. The molecule has 1 aromatic rings. The van der Waals surface area contributed by atoms with Crippen LogP contribution in [0.2, 0.25) is 0 Å². The van der Waals surface area contributed by atoms with Crippen molar-refractivity contribution >= 4 is 27.8 Å². The Labute approximate surface area is 108 Å². The first-order chi connectivity index (χ1) is 7.82. The van der Waals surface area contributed by atoms with Crippen molar-refractivity contribution in [3.05, 3.63) is 22.4 Å². The lowest BCUT2D eigenvalue weighted by Crippen LogP contribution is -2.44. The summed E-state index contributed by atoms with van der Waals surface area (Å²) >= 11 is 3.26. The van der Waals surface area contributed by atoms with E-state index < -0.39 is 12.0 Å². The molecule has 5 nitrogen and oxygen atoms in total. The van der Waals surface area contributed by atoms with Gasteiger partial charge in [0.2, 0.25) is 0 Å². The molecule has 1 unspecified atom stereocenters. The maximum atomic E-state index is 11.9. The SMILES string of the molecule is CC(C)C(NC(=O)c1cc(Br)cn1C)C(=O)O. The number of carboxylic acid groups (broad SMARTS) is 1. The molecule has 1 atom stereocenters. The minimum Gasteiger partial charge on any atom is -0.480 e. The van der Waals surface area contributed by atoms with Crippen molar-refractivity contribution in [3.63, 3.8) is 0 Å². The zero-order valence-corrected chi connectivity index (χ0v) is 11.5. The lowest BCUT2D eigenvalue weighted by atomic mass is 10.0. The van der Waals surface area contributed by atoms with Crippen molar-refractivity contribution in [2.75, 3.05) is 0 Å². The van der Waals surface area contributed by atoms with E-state index in [2.05, 4.69) is 21.2 Å². The van der Waals surface area contributed by atoms with Crippen molar-refractivity contribution < 1.29 is 14.7 Å². The lowest BCUT2D eigenvalue weighted by Gasteiger charge is -2.17. The van der Waals surface area contributed by atoms with Crippen molar-refractivity contribution in [2.24, 2.45) is 13.0 Å². The molecular formula is C11H15BrN2O3. The van der Waals surface area contributed by atoms with Crippen LogP contribution < -0.4 is 5.32 Å². The predicted molar refractivity (Wildman–Crippen MR) is 66.8 cm³/mol. The second-order valence-corrected chi connectivity index (χ2v) is 5.10. The first-order valence-electron chi connectivity index (χ1n) is 5.18. The largest absolute Gasteiger partial charge is 0.480 e. The third kappa shape index (κ3) is 3.33. The number of rotatable bonds is 4. The molecule has 17 heavy (non-hydrogen) atoms. The Kier molecular flexibility index (Phi) is 4.34. The van der Waals surface area contributed by atoms with Crippen LogP contribution in [0, 0.1) is 5.92 Å². The molecule has 94 valence electrons. The topological polar surface area (TPSA) is 71.3 Å². The maximum Gasteiger partial charge on any atom is 0.326 e. The number of nitrogens with zero attached hydrogens (tertiary/aromatic N) is 1. The Hall–Kier alpha value is -1.30. The highest BCUT2D eigenvalue weighted by Gasteiger charge is 2.24. The standard InChI is InChI=1S/C11H15BrN2O3/c1-6(2)9(11(16)17)13-10(15)8-4-7(12)5-14(8)3/h4-6,9H,1-3H3,(H,13,15)(H,16,17). The molecule has 0 radical (unpaired) electrons. The Morgan fingerprint density at radius 3 is 2.41 bits per heavy atom. The number of nitrogens with one attached hydrogen (secondary N) is 1. The number of amides is 1. The summed E-state index contributed by atoms with van der Waals surface area (Å²) in [5, 5.41) is 11.5. The van der Waals surface area contributed by atoms with Crippen LogP contribution in [-0.4, -0.2) is 27.6 Å². The fourth-order valence-electron chi connectivity index (χ4n) is 1.48. The molecular weight excluding hydrogens is 288 g/mol. The highest BCUT2D eigenvalue weighted by Crippen LogP contribution is 2.14. The van der Waals surface area contributed by atoms with E-state index in [-0.39, 0.29) is 11.8 Å². The van der Waals surface area contributed by atoms with Gasteiger partial charge in [0.25, 0.3) is 5.91 Å². The second-order valence-electron chi connectivity index (χ2n) is 4.19. The van der Waals surface area contributed by atoms with Gasteiger partial charge in [-0.15, -0.1) is 0 Å². The van der Waals surface area contributed by atoms with Gasteiger partial charge in [-0.25, -0.2) is 4.79 Å². The molecule has 0 spiro atoms. The van der Waals surface area contributed by atoms with Gasteiger partial charge < -0.3 is 15.0 Å². The van der Waals surface area contributed by atoms with Crippen LogP contribution in [0.4, 0.5) is 0 Å². The minimum absolute atomic E-state index is 0.167. The molecule has 1 heterocycles. The van der Waals surface area contributed by atoms with Crippen LogP contribution >= 0.6 is 15.9 Å². The summed E-state index contributed by atoms with van der Waals surface area (Å²) in [7, 11) is 1.73. The highest BCUT2D eigenvalue weighted by molar-refractivity contribution is 9.10. The number of carbonyl (C=O) groups excluding carboxylic acids is 1. The van der Waals surface area contributed by atoms with Crippen LogP contribution in [0.15, 0.2) is 16.7 Å². The minimum atomic E-state index is -1.03. The van der Waals surface area contributed by atoms with Gasteiger partial charge in [0.15, 0.2) is 0 Å². The van der Waals surface area contributed by atoms with Crippen molar-refractivity contribution in [2.45, 2.75) is 19.9 Å². The summed E-state index contributed by atoms with van der Waals surface area (Å²) in [4.78, 5) is 22.8. The predicted octanol–water partition coefficient (Wildman–Crippen LogP) is 1.63. The van der Waals surface area contributed by atoms with Crippen LogP contribution in [0.25, 0.3) is 0 Å². The first kappa shape index (κ1) is 13.8. The van der Waals surface area contributed by atoms with Crippen LogP contribution in [0.5, 0.6) is 0 Å². The van der Waals surface area contributed by atoms with E-state index in [1.54, 1.807) is 37.7 Å². The molecule has 1 aromatic heterocycles. The van der Waals surface area contributed by atoms with Gasteiger partial charge in [-0.1, -0.05) is 13.8 Å². The average Bonchev–Trinajstić information content (AvgIpc) is 2.53. The van der Waals surface area contributed by atoms with E-state index in [0.29, 0.717) is 5.69 Å². The molecule has 0 aromatic carbocycles. The zero-order valence-electron chi connectivity index (χ0n) is 9.90. The molecule has 0 aliphatic heterocycles. The van der Waals surface area contributed by atoms with E-state index in [0.717, 1.165) is 4.47 Å². The van der Waals surface area contributed by atoms with Crippen molar-refractivity contribution in [3.8, 4) is 0 Å². The van der Waals surface area contributed by atoms with Gasteiger partial charge in [0, 0.05) is 17.7 Å². The van der Waals surface area contributed by atoms with E-state index in [9.17, 15) is 9.59 Å². The number of hydrogen-bond donors (Lipinski definition) is 2. The molecule has 2 N–H and O–H groups in total. The maximum absolute atomic E-state index is 11.9. The van der Waals surface area contributed by atoms with Gasteiger partial charge in [-0.2, -0.15) is 0 Å². The summed E-state index contributed by atoms with van der Waals surface area (Å²) in [5.74, 6) is -1.58. The number of halogens is 1. The molecule has 0 aliphatic carbocycles. The summed E-state index contributed by atoms with van der Waals surface area (Å²) in [6, 6.07) is 0.769. The van der Waals surface area contributed by atoms with Crippen LogP contribution in [-0.2, 0) is 11.8 Å². The number of carbonyl (C=O) groups is 2. The number of carboxylic acids is 1. The van der Waals surface area contributed by atoms with Crippen molar-refractivity contribution in [1.82, 2.24) is 9.88 Å². The lowest BCUT2D eigenvalue weighted by molar-refractivity contribution is -0.140. The summed E-state index contributed by atoms with van der Waals surface area (Å²) < 4.78 is 2.42. The average molecular weight is 303 g/mol. The number of hydrogen-bond acceptors (Lipinski definition) is 2. The Balaban J connectivity index is 2.85. The molecule has 6 heteroatoms. The smallest absolute Gasteiger partial charge is 0.326 e. The van der Waals surface area contributed by atoms with E-state index in [1.807, 2.05) is 0 Å². The van der Waals surface area contributed by atoms with E-state index in [1.165, 1.54) is 0 Å². The van der Waals surface area contributed by atoms with Gasteiger partial charge in [-0.05, 0) is 27.9 Å². The van der Waals surface area contributed by atoms with Gasteiger partial charge in [0.05, 0.1) is 0 Å². The Morgan fingerprint density at radius 1 is 1.47 bits per heavy atom. The van der Waals surface area contributed by atoms with Crippen LogP contribution in [0.1, 0.15) is 24.3 Å².